The van der Waals surface area contributed by atoms with Gasteiger partial charge in [-0.1, -0.05) is 0 Å². The van der Waals surface area contributed by atoms with E-state index in [-0.39, 0.29) is 0 Å². The van der Waals surface area contributed by atoms with Crippen LogP contribution in [0.3, 0.4) is 0 Å². The number of hydrogen-bond donors (Lipinski definition) is 1. The first-order chi connectivity index (χ1) is 10.3. The lowest BCUT2D eigenvalue weighted by atomic mass is 10.1. The van der Waals surface area contributed by atoms with Gasteiger partial charge in [-0.25, -0.2) is 15.0 Å². The van der Waals surface area contributed by atoms with Gasteiger partial charge < -0.3 is 14.3 Å². The molecule has 0 spiro atoms. The van der Waals surface area contributed by atoms with Gasteiger partial charge in [0.05, 0.1) is 19.6 Å². The molecule has 4 aromatic heterocycles. The molecule has 6 heteroatoms. The second kappa shape index (κ2) is 4.31. The normalized spacial score (nSPS) is 11.3. The number of H-pyrrole nitrogens is 1. The number of pyridine rings is 2. The Kier molecular flexibility index (Phi) is 2.44. The molecule has 4 aromatic rings. The number of rotatable bonds is 2. The molecule has 0 radical (unpaired) electrons. The first-order valence-corrected chi connectivity index (χ1v) is 6.55. The van der Waals surface area contributed by atoms with E-state index in [1.807, 2.05) is 36.1 Å². The Labute approximate surface area is 120 Å². The van der Waals surface area contributed by atoms with E-state index in [1.165, 1.54) is 0 Å². The van der Waals surface area contributed by atoms with Crippen molar-refractivity contribution >= 4 is 22.2 Å². The van der Waals surface area contributed by atoms with Crippen LogP contribution in [0, 0.1) is 0 Å². The van der Waals surface area contributed by atoms with E-state index in [2.05, 4.69) is 19.9 Å². The zero-order valence-electron chi connectivity index (χ0n) is 11.7. The molecule has 0 aliphatic rings. The van der Waals surface area contributed by atoms with Gasteiger partial charge >= 0.3 is 0 Å². The third kappa shape index (κ3) is 1.76. The predicted octanol–water partition coefficient (Wildman–Crippen LogP) is 2.52. The van der Waals surface area contributed by atoms with Crippen molar-refractivity contribution in [3.05, 3.63) is 37.1 Å². The van der Waals surface area contributed by atoms with Crippen molar-refractivity contribution in [3.8, 4) is 16.9 Å². The number of fused-ring (bicyclic) bond motifs is 2. The minimum atomic E-state index is 0.732. The van der Waals surface area contributed by atoms with Gasteiger partial charge in [-0.15, -0.1) is 0 Å². The molecule has 0 aliphatic heterocycles. The van der Waals surface area contributed by atoms with Crippen molar-refractivity contribution in [2.45, 2.75) is 0 Å². The van der Waals surface area contributed by atoms with Gasteiger partial charge in [0, 0.05) is 36.0 Å². The van der Waals surface area contributed by atoms with Gasteiger partial charge in [0.25, 0.3) is 0 Å². The van der Waals surface area contributed by atoms with Crippen molar-refractivity contribution in [3.63, 3.8) is 0 Å². The Morgan fingerprint density at radius 1 is 1.14 bits per heavy atom. The fraction of sp³-hybridized carbons (Fsp3) is 0.133. The largest absolute Gasteiger partial charge is 0.495 e. The minimum absolute atomic E-state index is 0.732. The van der Waals surface area contributed by atoms with Crippen LogP contribution in [-0.2, 0) is 7.05 Å². The quantitative estimate of drug-likeness (QED) is 0.612. The van der Waals surface area contributed by atoms with Gasteiger partial charge in [0.15, 0.2) is 5.65 Å². The van der Waals surface area contributed by atoms with Crippen LogP contribution in [0.1, 0.15) is 0 Å². The van der Waals surface area contributed by atoms with Crippen molar-refractivity contribution < 1.29 is 4.74 Å². The fourth-order valence-corrected chi connectivity index (χ4v) is 2.50. The van der Waals surface area contributed by atoms with Crippen molar-refractivity contribution in [2.24, 2.45) is 7.05 Å². The molecule has 0 atom stereocenters. The van der Waals surface area contributed by atoms with Gasteiger partial charge in [0.1, 0.15) is 16.9 Å². The molecule has 4 heterocycles. The highest BCUT2D eigenvalue weighted by molar-refractivity contribution is 5.95. The van der Waals surface area contributed by atoms with Crippen LogP contribution in [0.5, 0.6) is 5.75 Å². The topological polar surface area (TPSA) is 68.6 Å². The monoisotopic (exact) mass is 279 g/mol. The number of aromatic amines is 1. The molecular formula is C15H13N5O. The third-order valence-corrected chi connectivity index (χ3v) is 3.60. The molecule has 21 heavy (non-hydrogen) atoms. The maximum absolute atomic E-state index is 5.25. The third-order valence-electron chi connectivity index (χ3n) is 3.60. The van der Waals surface area contributed by atoms with Gasteiger partial charge in [-0.3, -0.25) is 0 Å². The molecule has 0 aliphatic carbocycles. The summed E-state index contributed by atoms with van der Waals surface area (Å²) in [7, 11) is 3.57. The second-order valence-corrected chi connectivity index (χ2v) is 4.90. The summed E-state index contributed by atoms with van der Waals surface area (Å²) in [6.07, 6.45) is 7.25. The molecule has 0 aromatic carbocycles. The number of hydrogen-bond acceptors (Lipinski definition) is 4. The predicted molar refractivity (Wildman–Crippen MR) is 80.1 cm³/mol. The van der Waals surface area contributed by atoms with Crippen LogP contribution in [0.2, 0.25) is 0 Å². The highest BCUT2D eigenvalue weighted by Gasteiger charge is 2.10. The number of methoxy groups -OCH3 is 1. The van der Waals surface area contributed by atoms with E-state index in [1.54, 1.807) is 19.6 Å². The van der Waals surface area contributed by atoms with Crippen LogP contribution in [0.15, 0.2) is 37.1 Å². The first kappa shape index (κ1) is 11.9. The number of imidazole rings is 1. The summed E-state index contributed by atoms with van der Waals surface area (Å²) in [4.78, 5) is 16.3. The molecule has 0 amide bonds. The summed E-state index contributed by atoms with van der Waals surface area (Å²) in [5, 5.41) is 1.01. The number of aryl methyl sites for hydroxylation is 1. The Morgan fingerprint density at radius 2 is 2.05 bits per heavy atom. The number of nitrogens with zero attached hydrogens (tertiary/aromatic N) is 4. The van der Waals surface area contributed by atoms with E-state index < -0.39 is 0 Å². The molecular weight excluding hydrogens is 266 g/mol. The first-order valence-electron chi connectivity index (χ1n) is 6.55. The zero-order valence-corrected chi connectivity index (χ0v) is 11.7. The van der Waals surface area contributed by atoms with Gasteiger partial charge in [-0.2, -0.15) is 0 Å². The SMILES string of the molecule is COc1cnc2[nH]cc(-c3cnc4c(c3)ncn4C)c2c1. The smallest absolute Gasteiger partial charge is 0.159 e. The van der Waals surface area contributed by atoms with Gasteiger partial charge in [-0.05, 0) is 12.1 Å². The fourth-order valence-electron chi connectivity index (χ4n) is 2.50. The second-order valence-electron chi connectivity index (χ2n) is 4.90. The molecule has 0 saturated heterocycles. The maximum atomic E-state index is 5.25. The van der Waals surface area contributed by atoms with Crippen LogP contribution >= 0.6 is 0 Å². The molecule has 0 fully saturated rings. The average molecular weight is 279 g/mol. The summed E-state index contributed by atoms with van der Waals surface area (Å²) < 4.78 is 7.15. The summed E-state index contributed by atoms with van der Waals surface area (Å²) >= 11 is 0. The highest BCUT2D eigenvalue weighted by Crippen LogP contribution is 2.30. The molecule has 6 nitrogen and oxygen atoms in total. The van der Waals surface area contributed by atoms with E-state index in [0.29, 0.717) is 0 Å². The van der Waals surface area contributed by atoms with Crippen LogP contribution in [0.4, 0.5) is 0 Å². The molecule has 0 bridgehead atoms. The lowest BCUT2D eigenvalue weighted by Crippen LogP contribution is -1.88. The Balaban J connectivity index is 1.94. The lowest BCUT2D eigenvalue weighted by Gasteiger charge is -2.02. The molecule has 104 valence electrons. The Bertz CT molecular complexity index is 953. The molecule has 1 N–H and O–H groups in total. The zero-order chi connectivity index (χ0) is 14.4. The highest BCUT2D eigenvalue weighted by atomic mass is 16.5. The number of ether oxygens (including phenoxy) is 1. The lowest BCUT2D eigenvalue weighted by molar-refractivity contribution is 0.414. The Hall–Kier alpha value is -2.89. The van der Waals surface area contributed by atoms with E-state index in [9.17, 15) is 0 Å². The number of nitrogens with one attached hydrogen (secondary N) is 1. The Morgan fingerprint density at radius 3 is 2.90 bits per heavy atom. The summed E-state index contributed by atoms with van der Waals surface area (Å²) in [5.41, 5.74) is 4.61. The van der Waals surface area contributed by atoms with Crippen molar-refractivity contribution in [1.82, 2.24) is 24.5 Å². The molecule has 4 rings (SSSR count). The van der Waals surface area contributed by atoms with E-state index in [0.717, 1.165) is 39.1 Å². The minimum Gasteiger partial charge on any atom is -0.495 e. The summed E-state index contributed by atoms with van der Waals surface area (Å²) in [6.45, 7) is 0. The number of aromatic nitrogens is 5. The van der Waals surface area contributed by atoms with Crippen LogP contribution < -0.4 is 4.74 Å². The van der Waals surface area contributed by atoms with Crippen LogP contribution in [0.25, 0.3) is 33.3 Å². The summed E-state index contributed by atoms with van der Waals surface area (Å²) in [6, 6.07) is 4.00. The van der Waals surface area contributed by atoms with Crippen molar-refractivity contribution in [1.29, 1.82) is 0 Å². The average Bonchev–Trinajstić information content (AvgIpc) is 3.10. The molecule has 0 saturated carbocycles. The van der Waals surface area contributed by atoms with Gasteiger partial charge in [0.2, 0.25) is 0 Å². The van der Waals surface area contributed by atoms with Crippen molar-refractivity contribution in [2.75, 3.05) is 7.11 Å². The summed E-state index contributed by atoms with van der Waals surface area (Å²) in [5.74, 6) is 0.732. The standard InChI is InChI=1S/C15H13N5O/c1-20-8-19-13-3-9(5-18-15(13)20)12-7-17-14-11(12)4-10(21-2)6-16-14/h3-8H,1-2H3,(H,16,17). The van der Waals surface area contributed by atoms with E-state index in [4.69, 9.17) is 4.74 Å². The van der Waals surface area contributed by atoms with Crippen LogP contribution in [-0.4, -0.2) is 31.6 Å². The maximum Gasteiger partial charge on any atom is 0.159 e. The van der Waals surface area contributed by atoms with E-state index >= 15 is 0 Å². The molecule has 0 unspecified atom stereocenters.